The second-order valence-electron chi connectivity index (χ2n) is 11.2. The fraction of sp³-hybridized carbons (Fsp3) is 0.500. The van der Waals surface area contributed by atoms with Gasteiger partial charge in [0.25, 0.3) is 0 Å². The largest absolute Gasteiger partial charge is 0.494 e. The second-order valence-corrected chi connectivity index (χ2v) is 11.2. The van der Waals surface area contributed by atoms with Crippen LogP contribution in [0.1, 0.15) is 97.8 Å². The third kappa shape index (κ3) is 12.7. The molecule has 0 N–H and O–H groups in total. The maximum absolute atomic E-state index is 13.5. The lowest BCUT2D eigenvalue weighted by Crippen LogP contribution is -2.20. The Bertz CT molecular complexity index is 1170. The van der Waals surface area contributed by atoms with E-state index in [1.165, 1.54) is 12.8 Å². The van der Waals surface area contributed by atoms with Gasteiger partial charge in [0.05, 0.1) is 19.1 Å². The number of carbonyl (C=O) groups excluding carboxylic acids is 3. The summed E-state index contributed by atoms with van der Waals surface area (Å²) in [6.07, 6.45) is 13.8. The standard InChI is InChI=1S/C36H47NO6/c1-3-4-5-6-9-23-42-32-21-17-30(18-22-32)36(40)31(26-28-11-7-8-12-28)27-37-35(39)14-10-13-34(38)29-15-19-33(20-16-29)43-25-24-41-2/h3,15-22,27-28,31H,1,4-14,23-26H2,2H3. The summed E-state index contributed by atoms with van der Waals surface area (Å²) in [5, 5.41) is 0. The maximum atomic E-state index is 13.5. The highest BCUT2D eigenvalue weighted by Gasteiger charge is 2.25. The minimum Gasteiger partial charge on any atom is -0.494 e. The van der Waals surface area contributed by atoms with Crippen molar-refractivity contribution in [3.63, 3.8) is 0 Å². The van der Waals surface area contributed by atoms with E-state index in [0.29, 0.717) is 55.5 Å². The van der Waals surface area contributed by atoms with Crippen LogP contribution in [0.15, 0.2) is 66.2 Å². The highest BCUT2D eigenvalue weighted by Crippen LogP contribution is 2.31. The normalized spacial score (nSPS) is 14.1. The van der Waals surface area contributed by atoms with Gasteiger partial charge in [0, 0.05) is 37.3 Å². The van der Waals surface area contributed by atoms with Crippen molar-refractivity contribution in [2.24, 2.45) is 16.8 Å². The Balaban J connectivity index is 1.49. The van der Waals surface area contributed by atoms with Crippen LogP contribution in [0.5, 0.6) is 11.5 Å². The van der Waals surface area contributed by atoms with Crippen LogP contribution in [0.2, 0.25) is 0 Å². The highest BCUT2D eigenvalue weighted by atomic mass is 16.5. The first-order valence-electron chi connectivity index (χ1n) is 15.7. The summed E-state index contributed by atoms with van der Waals surface area (Å²) < 4.78 is 16.3. The monoisotopic (exact) mass is 589 g/mol. The number of ether oxygens (including phenoxy) is 3. The Morgan fingerprint density at radius 2 is 1.49 bits per heavy atom. The molecule has 0 aromatic heterocycles. The summed E-state index contributed by atoms with van der Waals surface area (Å²) in [5.41, 5.74) is 1.18. The average molecular weight is 590 g/mol. The van der Waals surface area contributed by atoms with Gasteiger partial charge in [-0.1, -0.05) is 31.8 Å². The first-order chi connectivity index (χ1) is 21.0. The predicted molar refractivity (Wildman–Crippen MR) is 170 cm³/mol. The van der Waals surface area contributed by atoms with Gasteiger partial charge < -0.3 is 14.2 Å². The SMILES string of the molecule is C=CCCCCCOc1ccc(C(=O)C(C=NC(=O)CCCC(=O)c2ccc(OCCOC)cc2)CC2CCCC2)cc1. The summed E-state index contributed by atoms with van der Waals surface area (Å²) in [7, 11) is 1.61. The van der Waals surface area contributed by atoms with Crippen LogP contribution in [-0.4, -0.2) is 50.6 Å². The number of ketones is 2. The van der Waals surface area contributed by atoms with Crippen LogP contribution in [-0.2, 0) is 9.53 Å². The number of hydrogen-bond donors (Lipinski definition) is 0. The number of hydrogen-bond acceptors (Lipinski definition) is 6. The molecule has 2 aromatic carbocycles. The number of carbonyl (C=O) groups is 3. The van der Waals surface area contributed by atoms with Gasteiger partial charge in [-0.3, -0.25) is 14.4 Å². The molecule has 1 aliphatic rings. The first kappa shape index (κ1) is 33.9. The first-order valence-corrected chi connectivity index (χ1v) is 15.7. The van der Waals surface area contributed by atoms with E-state index in [9.17, 15) is 14.4 Å². The Labute approximate surface area is 256 Å². The van der Waals surface area contributed by atoms with E-state index in [4.69, 9.17) is 14.2 Å². The number of nitrogens with zero attached hydrogens (tertiary/aromatic N) is 1. The number of Topliss-reactive ketones (excluding diaryl/α,β-unsaturated/α-hetero) is 2. The summed E-state index contributed by atoms with van der Waals surface area (Å²) in [4.78, 5) is 42.8. The molecule has 7 nitrogen and oxygen atoms in total. The molecule has 0 heterocycles. The van der Waals surface area contributed by atoms with Crippen molar-refractivity contribution in [3.05, 3.63) is 72.3 Å². The van der Waals surface area contributed by atoms with Crippen LogP contribution in [0.3, 0.4) is 0 Å². The predicted octanol–water partition coefficient (Wildman–Crippen LogP) is 7.87. The number of rotatable bonds is 21. The van der Waals surface area contributed by atoms with Crippen molar-refractivity contribution in [1.82, 2.24) is 0 Å². The zero-order chi connectivity index (χ0) is 30.7. The van der Waals surface area contributed by atoms with Crippen molar-refractivity contribution in [1.29, 1.82) is 0 Å². The molecule has 2 aromatic rings. The molecule has 1 atom stereocenters. The van der Waals surface area contributed by atoms with Crippen molar-refractivity contribution in [2.75, 3.05) is 26.9 Å². The van der Waals surface area contributed by atoms with Crippen molar-refractivity contribution < 1.29 is 28.6 Å². The zero-order valence-corrected chi connectivity index (χ0v) is 25.6. The number of allylic oxidation sites excluding steroid dienone is 1. The molecule has 1 fully saturated rings. The third-order valence-corrected chi connectivity index (χ3v) is 7.78. The summed E-state index contributed by atoms with van der Waals surface area (Å²) >= 11 is 0. The fourth-order valence-electron chi connectivity index (χ4n) is 5.29. The average Bonchev–Trinajstić information content (AvgIpc) is 3.54. The molecule has 232 valence electrons. The number of benzene rings is 2. The van der Waals surface area contributed by atoms with Gasteiger partial charge in [-0.15, -0.1) is 6.58 Å². The quantitative estimate of drug-likeness (QED) is 0.0637. The van der Waals surface area contributed by atoms with Gasteiger partial charge in [0.2, 0.25) is 5.91 Å². The number of unbranched alkanes of at least 4 members (excludes halogenated alkanes) is 3. The fourth-order valence-corrected chi connectivity index (χ4v) is 5.29. The minimum absolute atomic E-state index is 0.0238. The zero-order valence-electron chi connectivity index (χ0n) is 25.6. The molecule has 1 aliphatic carbocycles. The summed E-state index contributed by atoms with van der Waals surface area (Å²) in [5.74, 6) is 1.07. The van der Waals surface area contributed by atoms with Gasteiger partial charge in [-0.25, -0.2) is 4.99 Å². The van der Waals surface area contributed by atoms with Gasteiger partial charge in [-0.05, 0) is 93.0 Å². The molecule has 0 radical (unpaired) electrons. The molecule has 0 bridgehead atoms. The Morgan fingerprint density at radius 3 is 2.14 bits per heavy atom. The van der Waals surface area contributed by atoms with E-state index in [-0.39, 0.29) is 30.3 Å². The molecular formula is C36H47NO6. The molecule has 7 heteroatoms. The number of methoxy groups -OCH3 is 1. The van der Waals surface area contributed by atoms with Crippen LogP contribution >= 0.6 is 0 Å². The minimum atomic E-state index is -0.449. The van der Waals surface area contributed by atoms with Crippen LogP contribution in [0.25, 0.3) is 0 Å². The molecule has 43 heavy (non-hydrogen) atoms. The second kappa shape index (κ2) is 19.6. The lowest BCUT2D eigenvalue weighted by atomic mass is 9.88. The lowest BCUT2D eigenvalue weighted by molar-refractivity contribution is -0.117. The van der Waals surface area contributed by atoms with Gasteiger partial charge in [-0.2, -0.15) is 0 Å². The van der Waals surface area contributed by atoms with E-state index in [1.807, 2.05) is 18.2 Å². The molecule has 1 unspecified atom stereocenters. The third-order valence-electron chi connectivity index (χ3n) is 7.78. The van der Waals surface area contributed by atoms with Gasteiger partial charge >= 0.3 is 0 Å². The van der Waals surface area contributed by atoms with Crippen molar-refractivity contribution in [2.45, 2.75) is 77.0 Å². The Hall–Kier alpha value is -3.58. The summed E-state index contributed by atoms with van der Waals surface area (Å²) in [6.45, 7) is 5.33. The van der Waals surface area contributed by atoms with Crippen LogP contribution in [0.4, 0.5) is 0 Å². The van der Waals surface area contributed by atoms with E-state index < -0.39 is 5.92 Å². The number of amides is 1. The van der Waals surface area contributed by atoms with Gasteiger partial charge in [0.1, 0.15) is 18.1 Å². The topological polar surface area (TPSA) is 91.3 Å². The summed E-state index contributed by atoms with van der Waals surface area (Å²) in [6, 6.07) is 14.3. The van der Waals surface area contributed by atoms with E-state index in [1.54, 1.807) is 49.7 Å². The van der Waals surface area contributed by atoms with Gasteiger partial charge in [0.15, 0.2) is 11.6 Å². The van der Waals surface area contributed by atoms with Crippen LogP contribution in [0, 0.1) is 11.8 Å². The molecule has 0 saturated heterocycles. The van der Waals surface area contributed by atoms with Crippen molar-refractivity contribution >= 4 is 23.7 Å². The highest BCUT2D eigenvalue weighted by molar-refractivity contribution is 6.07. The number of aliphatic imine (C=N–C) groups is 1. The Morgan fingerprint density at radius 1 is 0.837 bits per heavy atom. The molecule has 1 saturated carbocycles. The Kier molecular flexibility index (Phi) is 15.4. The van der Waals surface area contributed by atoms with E-state index in [2.05, 4.69) is 11.6 Å². The smallest absolute Gasteiger partial charge is 0.245 e. The lowest BCUT2D eigenvalue weighted by Gasteiger charge is -2.16. The maximum Gasteiger partial charge on any atom is 0.245 e. The molecule has 3 rings (SSSR count). The van der Waals surface area contributed by atoms with Crippen molar-refractivity contribution in [3.8, 4) is 11.5 Å². The molecule has 0 aliphatic heterocycles. The van der Waals surface area contributed by atoms with E-state index in [0.717, 1.165) is 44.3 Å². The molecule has 0 spiro atoms. The molecular weight excluding hydrogens is 542 g/mol. The van der Waals surface area contributed by atoms with E-state index >= 15 is 0 Å². The van der Waals surface area contributed by atoms with Crippen LogP contribution < -0.4 is 9.47 Å². The molecule has 1 amide bonds.